The first-order chi connectivity index (χ1) is 7.59. The lowest BCUT2D eigenvalue weighted by Crippen LogP contribution is -2.12. The van der Waals surface area contributed by atoms with Crippen LogP contribution in [0.5, 0.6) is 0 Å². The number of carbonyl (C=O) groups is 2. The molecule has 2 fully saturated rings. The number of hydrogen-bond acceptors (Lipinski definition) is 4. The fourth-order valence-electron chi connectivity index (χ4n) is 1.02. The quantitative estimate of drug-likeness (QED) is 0.430. The highest BCUT2D eigenvalue weighted by atomic mass is 16.6. The second-order valence-electron chi connectivity index (χ2n) is 3.79. The number of rotatable bonds is 3. The summed E-state index contributed by atoms with van der Waals surface area (Å²) < 4.78 is 9.60. The predicted molar refractivity (Wildman–Crippen MR) is 57.8 cm³/mol. The topological polar surface area (TPSA) is 67.9 Å². The van der Waals surface area contributed by atoms with Crippen LogP contribution in [0.2, 0.25) is 0 Å². The van der Waals surface area contributed by atoms with Crippen LogP contribution in [0.15, 0.2) is 12.2 Å². The van der Waals surface area contributed by atoms with Crippen molar-refractivity contribution in [2.24, 2.45) is 0 Å². The van der Waals surface area contributed by atoms with Gasteiger partial charge in [0.2, 0.25) is 5.91 Å². The Morgan fingerprint density at radius 3 is 2.69 bits per heavy atom. The number of esters is 1. The highest BCUT2D eigenvalue weighted by molar-refractivity contribution is 5.86. The van der Waals surface area contributed by atoms with Crippen LogP contribution in [0, 0.1) is 0 Å². The Labute approximate surface area is 94.8 Å². The number of ether oxygens (including phenoxy) is 2. The van der Waals surface area contributed by atoms with Crippen LogP contribution in [0.1, 0.15) is 19.8 Å². The van der Waals surface area contributed by atoms with E-state index in [0.29, 0.717) is 18.8 Å². The average Bonchev–Trinajstić information content (AvgIpc) is 2.96. The van der Waals surface area contributed by atoms with Crippen LogP contribution in [0.3, 0.4) is 0 Å². The summed E-state index contributed by atoms with van der Waals surface area (Å²) in [6, 6.07) is 0. The van der Waals surface area contributed by atoms with E-state index in [4.69, 9.17) is 9.47 Å². The summed E-state index contributed by atoms with van der Waals surface area (Å²) in [5.74, 6) is -0.134. The lowest BCUT2D eigenvalue weighted by Gasteiger charge is -1.99. The molecule has 2 rings (SSSR count). The van der Waals surface area contributed by atoms with Crippen molar-refractivity contribution in [3.63, 3.8) is 0 Å². The molecule has 1 unspecified atom stereocenters. The number of amides is 1. The van der Waals surface area contributed by atoms with E-state index in [1.807, 2.05) is 0 Å². The summed E-state index contributed by atoms with van der Waals surface area (Å²) in [5.41, 5.74) is 0.431. The fourth-order valence-corrected chi connectivity index (χ4v) is 1.02. The van der Waals surface area contributed by atoms with Gasteiger partial charge in [0, 0.05) is 18.5 Å². The number of nitrogens with one attached hydrogen (secondary N) is 1. The van der Waals surface area contributed by atoms with Gasteiger partial charge in [-0.25, -0.2) is 4.79 Å². The Kier molecular flexibility index (Phi) is 4.98. The smallest absolute Gasteiger partial charge is 0.333 e. The minimum Gasteiger partial charge on any atom is -0.459 e. The first-order valence-corrected chi connectivity index (χ1v) is 5.30. The van der Waals surface area contributed by atoms with Crippen molar-refractivity contribution < 1.29 is 19.1 Å². The maximum absolute atomic E-state index is 10.7. The van der Waals surface area contributed by atoms with Crippen LogP contribution in [0.4, 0.5) is 0 Å². The minimum absolute atomic E-state index is 0.142. The molecule has 0 saturated carbocycles. The molecule has 2 aliphatic rings. The van der Waals surface area contributed by atoms with Gasteiger partial charge in [0.05, 0.1) is 6.61 Å². The Morgan fingerprint density at radius 1 is 1.69 bits per heavy atom. The van der Waals surface area contributed by atoms with Gasteiger partial charge in [0.1, 0.15) is 12.7 Å². The van der Waals surface area contributed by atoms with Gasteiger partial charge in [0.15, 0.2) is 0 Å². The van der Waals surface area contributed by atoms with E-state index in [1.54, 1.807) is 6.92 Å². The van der Waals surface area contributed by atoms with Gasteiger partial charge >= 0.3 is 5.97 Å². The molecule has 0 aromatic carbocycles. The van der Waals surface area contributed by atoms with Crippen LogP contribution in [-0.4, -0.2) is 37.7 Å². The van der Waals surface area contributed by atoms with Gasteiger partial charge in [-0.2, -0.15) is 0 Å². The molecule has 2 heterocycles. The van der Waals surface area contributed by atoms with E-state index >= 15 is 0 Å². The van der Waals surface area contributed by atoms with E-state index in [0.717, 1.165) is 19.4 Å². The molecule has 0 spiro atoms. The van der Waals surface area contributed by atoms with Crippen molar-refractivity contribution in [2.45, 2.75) is 25.9 Å². The normalized spacial score (nSPS) is 21.6. The summed E-state index contributed by atoms with van der Waals surface area (Å²) in [6.45, 7) is 7.03. The van der Waals surface area contributed by atoms with Crippen LogP contribution < -0.4 is 5.32 Å². The molecule has 2 saturated heterocycles. The molecule has 1 N–H and O–H groups in total. The average molecular weight is 227 g/mol. The summed E-state index contributed by atoms with van der Waals surface area (Å²) in [5, 5.41) is 2.68. The molecule has 5 heteroatoms. The molecule has 1 amide bonds. The first kappa shape index (κ1) is 12.7. The molecule has 90 valence electrons. The van der Waals surface area contributed by atoms with E-state index in [9.17, 15) is 9.59 Å². The first-order valence-electron chi connectivity index (χ1n) is 5.30. The molecule has 1 atom stereocenters. The van der Waals surface area contributed by atoms with Gasteiger partial charge in [-0.05, 0) is 13.3 Å². The molecule has 0 aliphatic carbocycles. The summed E-state index contributed by atoms with van der Waals surface area (Å²) in [7, 11) is 0. The third kappa shape index (κ3) is 5.50. The van der Waals surface area contributed by atoms with Crippen molar-refractivity contribution in [1.29, 1.82) is 0 Å². The molecule has 0 aromatic rings. The Bertz CT molecular complexity index is 276. The highest BCUT2D eigenvalue weighted by Crippen LogP contribution is 2.09. The zero-order chi connectivity index (χ0) is 12.0. The number of epoxide rings is 1. The van der Waals surface area contributed by atoms with Gasteiger partial charge in [-0.15, -0.1) is 0 Å². The van der Waals surface area contributed by atoms with Gasteiger partial charge in [-0.1, -0.05) is 6.58 Å². The molecule has 5 nitrogen and oxygen atoms in total. The second kappa shape index (κ2) is 6.27. The summed E-state index contributed by atoms with van der Waals surface area (Å²) >= 11 is 0. The van der Waals surface area contributed by atoms with Crippen molar-refractivity contribution in [3.05, 3.63) is 12.2 Å². The van der Waals surface area contributed by atoms with Gasteiger partial charge in [-0.3, -0.25) is 4.79 Å². The van der Waals surface area contributed by atoms with E-state index < -0.39 is 0 Å². The minimum atomic E-state index is -0.337. The molecule has 2 aliphatic heterocycles. The van der Waals surface area contributed by atoms with E-state index in [2.05, 4.69) is 11.9 Å². The maximum Gasteiger partial charge on any atom is 0.333 e. The summed E-state index contributed by atoms with van der Waals surface area (Å²) in [4.78, 5) is 20.8. The van der Waals surface area contributed by atoms with Crippen LogP contribution in [-0.2, 0) is 19.1 Å². The highest BCUT2D eigenvalue weighted by Gasteiger charge is 2.24. The zero-order valence-electron chi connectivity index (χ0n) is 9.45. The largest absolute Gasteiger partial charge is 0.459 e. The van der Waals surface area contributed by atoms with E-state index in [1.165, 1.54) is 0 Å². The molecular weight excluding hydrogens is 210 g/mol. The lowest BCUT2D eigenvalue weighted by atomic mass is 10.4. The molecule has 16 heavy (non-hydrogen) atoms. The van der Waals surface area contributed by atoms with Gasteiger partial charge < -0.3 is 14.8 Å². The fraction of sp³-hybridized carbons (Fsp3) is 0.636. The Morgan fingerprint density at radius 2 is 2.38 bits per heavy atom. The number of hydrogen-bond donors (Lipinski definition) is 1. The third-order valence-corrected chi connectivity index (χ3v) is 2.05. The van der Waals surface area contributed by atoms with Crippen molar-refractivity contribution in [3.8, 4) is 0 Å². The van der Waals surface area contributed by atoms with Crippen molar-refractivity contribution in [2.75, 3.05) is 19.8 Å². The standard InChI is InChI=1S/C7H10O3.C4H7NO/c1-5(2)7(8)10-4-6-3-9-6;6-4-2-1-3-5-4/h6H,1,3-4H2,2H3;1-3H2,(H,5,6). The predicted octanol–water partition coefficient (Wildman–Crippen LogP) is 0.401. The Hall–Kier alpha value is -1.36. The van der Waals surface area contributed by atoms with Crippen molar-refractivity contribution >= 4 is 11.9 Å². The molecule has 0 bridgehead atoms. The number of carbonyl (C=O) groups excluding carboxylic acids is 2. The molecule has 0 aromatic heterocycles. The summed E-state index contributed by atoms with van der Waals surface area (Å²) in [6.07, 6.45) is 1.90. The monoisotopic (exact) mass is 227 g/mol. The second-order valence-corrected chi connectivity index (χ2v) is 3.79. The van der Waals surface area contributed by atoms with Crippen LogP contribution >= 0.6 is 0 Å². The van der Waals surface area contributed by atoms with Crippen molar-refractivity contribution in [1.82, 2.24) is 5.32 Å². The SMILES string of the molecule is C=C(C)C(=O)OCC1CO1.O=C1CCCN1. The molecular formula is C11H17NO4. The lowest BCUT2D eigenvalue weighted by molar-refractivity contribution is -0.139. The third-order valence-electron chi connectivity index (χ3n) is 2.05. The van der Waals surface area contributed by atoms with Gasteiger partial charge in [0.25, 0.3) is 0 Å². The zero-order valence-corrected chi connectivity index (χ0v) is 9.45. The Balaban J connectivity index is 0.000000181. The van der Waals surface area contributed by atoms with Crippen LogP contribution in [0.25, 0.3) is 0 Å². The van der Waals surface area contributed by atoms with E-state index in [-0.39, 0.29) is 18.0 Å². The maximum atomic E-state index is 10.7. The molecule has 0 radical (unpaired) electrons.